The Morgan fingerprint density at radius 2 is 2.28 bits per heavy atom. The number of nitrogens with zero attached hydrogens (tertiary/aromatic N) is 5. The molecule has 1 saturated heterocycles. The third-order valence-electron chi connectivity index (χ3n) is 4.72. The highest BCUT2D eigenvalue weighted by Gasteiger charge is 2.23. The first kappa shape index (κ1) is 18.8. The summed E-state index contributed by atoms with van der Waals surface area (Å²) in [5.41, 5.74) is 0.948. The lowest BCUT2D eigenvalue weighted by Gasteiger charge is -2.33. The molecule has 0 radical (unpaired) electrons. The van der Waals surface area contributed by atoms with Crippen molar-refractivity contribution < 1.29 is 13.6 Å². The highest BCUT2D eigenvalue weighted by atomic mass is 19.3. The van der Waals surface area contributed by atoms with Crippen LogP contribution in [0.2, 0.25) is 0 Å². The van der Waals surface area contributed by atoms with E-state index in [1.807, 2.05) is 6.07 Å². The lowest BCUT2D eigenvalue weighted by molar-refractivity contribution is -0.127. The maximum Gasteiger partial charge on any atom is 0.333 e. The fourth-order valence-electron chi connectivity index (χ4n) is 3.36. The van der Waals surface area contributed by atoms with Crippen molar-refractivity contribution in [1.82, 2.24) is 29.6 Å². The molecule has 1 aliphatic rings. The summed E-state index contributed by atoms with van der Waals surface area (Å²) in [6.45, 7) is 2.07. The fourth-order valence-corrected chi connectivity index (χ4v) is 3.36. The maximum absolute atomic E-state index is 12.7. The molecule has 3 N–H and O–H groups in total. The van der Waals surface area contributed by atoms with Gasteiger partial charge in [-0.3, -0.25) is 4.79 Å². The maximum atomic E-state index is 12.7. The number of aromatic amines is 1. The van der Waals surface area contributed by atoms with Crippen molar-refractivity contribution in [2.75, 3.05) is 23.7 Å². The summed E-state index contributed by atoms with van der Waals surface area (Å²) in [5.74, 6) is 0.744. The van der Waals surface area contributed by atoms with Crippen LogP contribution in [-0.4, -0.2) is 54.7 Å². The van der Waals surface area contributed by atoms with Gasteiger partial charge in [0.15, 0.2) is 0 Å². The van der Waals surface area contributed by atoms with Crippen LogP contribution in [0.25, 0.3) is 11.0 Å². The molecule has 4 heterocycles. The summed E-state index contributed by atoms with van der Waals surface area (Å²) in [6, 6.07) is 1.88. The molecule has 29 heavy (non-hydrogen) atoms. The number of aromatic nitrogens is 5. The van der Waals surface area contributed by atoms with E-state index < -0.39 is 6.55 Å². The quantitative estimate of drug-likeness (QED) is 0.548. The third-order valence-corrected chi connectivity index (χ3v) is 4.72. The van der Waals surface area contributed by atoms with Gasteiger partial charge in [0, 0.05) is 25.3 Å². The number of rotatable bonds is 6. The molecule has 3 aromatic rings. The van der Waals surface area contributed by atoms with Gasteiger partial charge in [0.05, 0.1) is 23.5 Å². The van der Waals surface area contributed by atoms with Crippen molar-refractivity contribution >= 4 is 34.4 Å². The number of piperidine rings is 1. The Morgan fingerprint density at radius 1 is 1.41 bits per heavy atom. The largest absolute Gasteiger partial charge is 0.365 e. The van der Waals surface area contributed by atoms with Gasteiger partial charge in [0.25, 0.3) is 0 Å². The number of anilines is 3. The van der Waals surface area contributed by atoms with E-state index in [9.17, 15) is 13.6 Å². The Hall–Kier alpha value is -3.50. The molecule has 0 aromatic carbocycles. The van der Waals surface area contributed by atoms with Crippen molar-refractivity contribution in [2.45, 2.75) is 25.4 Å². The first-order valence-electron chi connectivity index (χ1n) is 9.16. The van der Waals surface area contributed by atoms with E-state index >= 15 is 0 Å². The van der Waals surface area contributed by atoms with Gasteiger partial charge in [-0.15, -0.1) is 0 Å². The number of alkyl halides is 2. The van der Waals surface area contributed by atoms with Crippen LogP contribution in [0.1, 0.15) is 19.4 Å². The van der Waals surface area contributed by atoms with E-state index in [4.69, 9.17) is 0 Å². The summed E-state index contributed by atoms with van der Waals surface area (Å²) >= 11 is 0. The van der Waals surface area contributed by atoms with Crippen LogP contribution in [0.5, 0.6) is 0 Å². The van der Waals surface area contributed by atoms with Gasteiger partial charge in [-0.2, -0.15) is 23.8 Å². The molecule has 0 bridgehead atoms. The Balaban J connectivity index is 1.56. The molecular weight excluding hydrogens is 382 g/mol. The number of hydrogen-bond donors (Lipinski definition) is 3. The summed E-state index contributed by atoms with van der Waals surface area (Å²) in [6.07, 6.45) is 7.29. The van der Waals surface area contributed by atoms with Gasteiger partial charge >= 0.3 is 6.55 Å². The van der Waals surface area contributed by atoms with Crippen LogP contribution in [0.4, 0.5) is 26.2 Å². The molecule has 1 atom stereocenters. The van der Waals surface area contributed by atoms with Gasteiger partial charge in [-0.1, -0.05) is 6.58 Å². The highest BCUT2D eigenvalue weighted by Crippen LogP contribution is 2.25. The molecule has 1 amide bonds. The Kier molecular flexibility index (Phi) is 5.10. The van der Waals surface area contributed by atoms with Crippen LogP contribution in [0, 0.1) is 0 Å². The van der Waals surface area contributed by atoms with Crippen LogP contribution in [0.15, 0.2) is 37.3 Å². The van der Waals surface area contributed by atoms with Gasteiger partial charge in [0.2, 0.25) is 11.9 Å². The SMILES string of the molecule is C=CC(=O)N1CCCC(Nc2nc(Nc3cnn(C(F)F)c3)nc3[nH]ccc23)C1. The molecule has 0 aliphatic carbocycles. The minimum atomic E-state index is -2.72. The zero-order valence-corrected chi connectivity index (χ0v) is 15.5. The van der Waals surface area contributed by atoms with Crippen molar-refractivity contribution in [1.29, 1.82) is 0 Å². The minimum Gasteiger partial charge on any atom is -0.365 e. The number of carbonyl (C=O) groups excluding carboxylic acids is 1. The highest BCUT2D eigenvalue weighted by molar-refractivity contribution is 5.89. The molecule has 0 spiro atoms. The standard InChI is InChI=1S/C18H20F2N8O/c1-2-14(29)27-7-3-4-11(9-27)23-16-13-5-6-21-15(13)25-18(26-16)24-12-8-22-28(10-12)17(19)20/h2,5-6,8,10-11,17H,1,3-4,7,9H2,(H3,21,23,24,25,26). The molecule has 9 nitrogen and oxygen atoms in total. The summed E-state index contributed by atoms with van der Waals surface area (Å²) in [4.78, 5) is 25.6. The number of fused-ring (bicyclic) bond motifs is 1. The molecule has 3 aromatic heterocycles. The number of likely N-dealkylation sites (tertiary alicyclic amines) is 1. The predicted molar refractivity (Wildman–Crippen MR) is 104 cm³/mol. The summed E-state index contributed by atoms with van der Waals surface area (Å²) < 4.78 is 26.0. The smallest absolute Gasteiger partial charge is 0.333 e. The Bertz CT molecular complexity index is 1030. The lowest BCUT2D eigenvalue weighted by Crippen LogP contribution is -2.44. The number of amides is 1. The Labute approximate surface area is 164 Å². The first-order valence-corrected chi connectivity index (χ1v) is 9.16. The molecule has 1 unspecified atom stereocenters. The number of H-pyrrole nitrogens is 1. The van der Waals surface area contributed by atoms with E-state index in [-0.39, 0.29) is 17.9 Å². The average Bonchev–Trinajstić information content (AvgIpc) is 3.37. The zero-order chi connectivity index (χ0) is 20.4. The normalized spacial score (nSPS) is 16.9. The number of hydrogen-bond acceptors (Lipinski definition) is 6. The van der Waals surface area contributed by atoms with Gasteiger partial charge in [-0.05, 0) is 25.0 Å². The molecule has 11 heteroatoms. The Morgan fingerprint density at radius 3 is 3.03 bits per heavy atom. The summed E-state index contributed by atoms with van der Waals surface area (Å²) in [5, 5.41) is 10.7. The molecule has 0 saturated carbocycles. The summed E-state index contributed by atoms with van der Waals surface area (Å²) in [7, 11) is 0. The minimum absolute atomic E-state index is 0.0232. The van der Waals surface area contributed by atoms with Gasteiger partial charge in [0.1, 0.15) is 11.5 Å². The van der Waals surface area contributed by atoms with E-state index in [0.29, 0.717) is 34.9 Å². The molecular formula is C18H20F2N8O. The van der Waals surface area contributed by atoms with E-state index in [0.717, 1.165) is 18.2 Å². The second kappa shape index (κ2) is 7.86. The third kappa shape index (κ3) is 4.03. The van der Waals surface area contributed by atoms with E-state index in [1.165, 1.54) is 18.5 Å². The number of carbonyl (C=O) groups is 1. The number of nitrogens with one attached hydrogen (secondary N) is 3. The zero-order valence-electron chi connectivity index (χ0n) is 15.5. The predicted octanol–water partition coefficient (Wildman–Crippen LogP) is 2.88. The van der Waals surface area contributed by atoms with E-state index in [2.05, 4.69) is 37.3 Å². The molecule has 1 aliphatic heterocycles. The lowest BCUT2D eigenvalue weighted by atomic mass is 10.1. The molecule has 1 fully saturated rings. The number of halogens is 2. The van der Waals surface area contributed by atoms with Crippen molar-refractivity contribution in [2.24, 2.45) is 0 Å². The van der Waals surface area contributed by atoms with E-state index in [1.54, 1.807) is 11.1 Å². The van der Waals surface area contributed by atoms with Gasteiger partial charge in [-0.25, -0.2) is 4.68 Å². The second-order valence-electron chi connectivity index (χ2n) is 6.72. The van der Waals surface area contributed by atoms with Crippen LogP contribution in [-0.2, 0) is 4.79 Å². The van der Waals surface area contributed by atoms with Gasteiger partial charge < -0.3 is 20.5 Å². The molecule has 4 rings (SSSR count). The topological polar surface area (TPSA) is 104 Å². The monoisotopic (exact) mass is 402 g/mol. The average molecular weight is 402 g/mol. The van der Waals surface area contributed by atoms with Crippen molar-refractivity contribution in [3.8, 4) is 0 Å². The van der Waals surface area contributed by atoms with Crippen molar-refractivity contribution in [3.05, 3.63) is 37.3 Å². The molecule has 152 valence electrons. The fraction of sp³-hybridized carbons (Fsp3) is 0.333. The second-order valence-corrected chi connectivity index (χ2v) is 6.72. The van der Waals surface area contributed by atoms with Crippen molar-refractivity contribution in [3.63, 3.8) is 0 Å². The van der Waals surface area contributed by atoms with Crippen LogP contribution < -0.4 is 10.6 Å². The van der Waals surface area contributed by atoms with Crippen LogP contribution in [0.3, 0.4) is 0 Å². The van der Waals surface area contributed by atoms with Crippen LogP contribution >= 0.6 is 0 Å². The first-order chi connectivity index (χ1) is 14.0.